The van der Waals surface area contributed by atoms with Crippen LogP contribution in [0.3, 0.4) is 0 Å². The van der Waals surface area contributed by atoms with Crippen molar-refractivity contribution in [2.45, 2.75) is 19.4 Å². The van der Waals surface area contributed by atoms with E-state index < -0.39 is 0 Å². The Morgan fingerprint density at radius 3 is 2.76 bits per heavy atom. The summed E-state index contributed by atoms with van der Waals surface area (Å²) in [5.74, 6) is 0.280. The lowest BCUT2D eigenvalue weighted by atomic mass is 10.1. The Bertz CT molecular complexity index is 696. The van der Waals surface area contributed by atoms with Crippen molar-refractivity contribution < 1.29 is 14.6 Å². The number of phenols is 1. The van der Waals surface area contributed by atoms with Crippen LogP contribution in [0, 0.1) is 0 Å². The summed E-state index contributed by atoms with van der Waals surface area (Å²) < 4.78 is 5.05. The number of ether oxygens (including phenoxy) is 1. The van der Waals surface area contributed by atoms with Gasteiger partial charge in [-0.15, -0.1) is 0 Å². The molecule has 1 amide bonds. The third-order valence-corrected chi connectivity index (χ3v) is 3.86. The Labute approximate surface area is 123 Å². The molecule has 1 aliphatic rings. The molecule has 21 heavy (non-hydrogen) atoms. The number of carbonyl (C=O) groups is 1. The predicted molar refractivity (Wildman–Crippen MR) is 81.1 cm³/mol. The minimum atomic E-state index is -0.187. The van der Waals surface area contributed by atoms with Gasteiger partial charge in [-0.2, -0.15) is 0 Å². The van der Waals surface area contributed by atoms with E-state index in [1.54, 1.807) is 17.0 Å². The van der Waals surface area contributed by atoms with Gasteiger partial charge in [0.25, 0.3) is 5.91 Å². The molecular weight excluding hydrogens is 266 g/mol. The highest BCUT2D eigenvalue weighted by atomic mass is 16.5. The second-order valence-electron chi connectivity index (χ2n) is 5.24. The fraction of sp³-hybridized carbons (Fsp3) is 0.235. The molecule has 0 fully saturated rings. The molecule has 0 saturated carbocycles. The van der Waals surface area contributed by atoms with E-state index in [0.29, 0.717) is 11.3 Å². The number of anilines is 1. The minimum Gasteiger partial charge on any atom is -0.507 e. The van der Waals surface area contributed by atoms with Crippen molar-refractivity contribution in [1.29, 1.82) is 0 Å². The molecular formula is C17H17NO3. The van der Waals surface area contributed by atoms with Crippen LogP contribution in [0.4, 0.5) is 5.69 Å². The van der Waals surface area contributed by atoms with Crippen LogP contribution in [0.25, 0.3) is 0 Å². The van der Waals surface area contributed by atoms with Crippen LogP contribution in [-0.2, 0) is 6.42 Å². The van der Waals surface area contributed by atoms with Crippen LogP contribution in [0.1, 0.15) is 22.8 Å². The van der Waals surface area contributed by atoms with Crippen molar-refractivity contribution in [3.63, 3.8) is 0 Å². The Hall–Kier alpha value is -2.49. The maximum Gasteiger partial charge on any atom is 0.262 e. The van der Waals surface area contributed by atoms with Crippen LogP contribution in [0.2, 0.25) is 0 Å². The van der Waals surface area contributed by atoms with Crippen molar-refractivity contribution in [2.24, 2.45) is 0 Å². The highest BCUT2D eigenvalue weighted by molar-refractivity contribution is 6.09. The number of carbonyl (C=O) groups excluding carboxylic acids is 1. The third-order valence-electron chi connectivity index (χ3n) is 3.86. The van der Waals surface area contributed by atoms with Crippen molar-refractivity contribution in [1.82, 2.24) is 0 Å². The topological polar surface area (TPSA) is 49.8 Å². The molecule has 0 saturated heterocycles. The fourth-order valence-corrected chi connectivity index (χ4v) is 2.82. The Morgan fingerprint density at radius 2 is 2.05 bits per heavy atom. The number of para-hydroxylation sites is 1. The normalized spacial score (nSPS) is 16.7. The van der Waals surface area contributed by atoms with Gasteiger partial charge in [-0.05, 0) is 37.1 Å². The molecule has 1 heterocycles. The number of benzene rings is 2. The molecule has 0 bridgehead atoms. The number of hydrogen-bond donors (Lipinski definition) is 1. The Balaban J connectivity index is 1.99. The maximum atomic E-state index is 12.8. The molecule has 4 nitrogen and oxygen atoms in total. The first-order valence-corrected chi connectivity index (χ1v) is 6.90. The summed E-state index contributed by atoms with van der Waals surface area (Å²) in [4.78, 5) is 14.5. The molecule has 1 atom stereocenters. The number of nitrogens with zero attached hydrogens (tertiary/aromatic N) is 1. The quantitative estimate of drug-likeness (QED) is 0.921. The second-order valence-corrected chi connectivity index (χ2v) is 5.24. The lowest BCUT2D eigenvalue weighted by Crippen LogP contribution is -2.35. The number of fused-ring (bicyclic) bond motifs is 1. The summed E-state index contributed by atoms with van der Waals surface area (Å²) in [6.07, 6.45) is 0.832. The minimum absolute atomic E-state index is 0.0593. The maximum absolute atomic E-state index is 12.8. The van der Waals surface area contributed by atoms with Gasteiger partial charge in [0.1, 0.15) is 11.5 Å². The van der Waals surface area contributed by atoms with E-state index in [4.69, 9.17) is 4.74 Å². The van der Waals surface area contributed by atoms with Crippen LogP contribution < -0.4 is 9.64 Å². The molecule has 0 aromatic heterocycles. The molecule has 0 radical (unpaired) electrons. The van der Waals surface area contributed by atoms with Gasteiger partial charge < -0.3 is 14.7 Å². The van der Waals surface area contributed by atoms with E-state index in [1.807, 2.05) is 31.2 Å². The van der Waals surface area contributed by atoms with E-state index in [9.17, 15) is 9.90 Å². The molecule has 108 valence electrons. The molecule has 3 rings (SSSR count). The van der Waals surface area contributed by atoms with E-state index in [0.717, 1.165) is 17.7 Å². The molecule has 4 heteroatoms. The second kappa shape index (κ2) is 5.13. The van der Waals surface area contributed by atoms with Gasteiger partial charge in [0, 0.05) is 17.8 Å². The smallest absolute Gasteiger partial charge is 0.262 e. The van der Waals surface area contributed by atoms with E-state index in [-0.39, 0.29) is 17.7 Å². The Kier molecular flexibility index (Phi) is 3.29. The van der Waals surface area contributed by atoms with Gasteiger partial charge in [0.05, 0.1) is 12.7 Å². The molecule has 0 aliphatic carbocycles. The van der Waals surface area contributed by atoms with Gasteiger partial charge in [0.15, 0.2) is 0 Å². The summed E-state index contributed by atoms with van der Waals surface area (Å²) in [6, 6.07) is 12.7. The number of rotatable bonds is 2. The van der Waals surface area contributed by atoms with Crippen LogP contribution in [-0.4, -0.2) is 24.2 Å². The van der Waals surface area contributed by atoms with Crippen molar-refractivity contribution in [3.05, 3.63) is 53.6 Å². The fourth-order valence-electron chi connectivity index (χ4n) is 2.82. The highest BCUT2D eigenvalue weighted by Crippen LogP contribution is 2.35. The lowest BCUT2D eigenvalue weighted by molar-refractivity contribution is 0.0979. The van der Waals surface area contributed by atoms with Crippen molar-refractivity contribution in [2.75, 3.05) is 12.0 Å². The van der Waals surface area contributed by atoms with Gasteiger partial charge in [0.2, 0.25) is 0 Å². The molecule has 2 aromatic carbocycles. The average Bonchev–Trinajstić information content (AvgIpc) is 2.82. The van der Waals surface area contributed by atoms with Gasteiger partial charge in [-0.1, -0.05) is 18.2 Å². The first kappa shape index (κ1) is 13.5. The average molecular weight is 283 g/mol. The summed E-state index contributed by atoms with van der Waals surface area (Å²) in [7, 11) is 1.52. The van der Waals surface area contributed by atoms with Crippen molar-refractivity contribution in [3.8, 4) is 11.5 Å². The van der Waals surface area contributed by atoms with Gasteiger partial charge in [-0.25, -0.2) is 0 Å². The molecule has 2 aromatic rings. The number of methoxy groups -OCH3 is 1. The number of aromatic hydroxyl groups is 1. The van der Waals surface area contributed by atoms with Crippen LogP contribution >= 0.6 is 0 Å². The zero-order valence-corrected chi connectivity index (χ0v) is 12.0. The predicted octanol–water partition coefficient (Wildman–Crippen LogP) is 2.99. The van der Waals surface area contributed by atoms with Gasteiger partial charge in [-0.3, -0.25) is 4.79 Å². The summed E-state index contributed by atoms with van der Waals surface area (Å²) in [5.41, 5.74) is 2.37. The van der Waals surface area contributed by atoms with Gasteiger partial charge >= 0.3 is 0 Å². The van der Waals surface area contributed by atoms with E-state index in [1.165, 1.54) is 13.2 Å². The lowest BCUT2D eigenvalue weighted by Gasteiger charge is -2.23. The monoisotopic (exact) mass is 283 g/mol. The largest absolute Gasteiger partial charge is 0.507 e. The van der Waals surface area contributed by atoms with E-state index >= 15 is 0 Å². The van der Waals surface area contributed by atoms with E-state index in [2.05, 4.69) is 0 Å². The summed E-state index contributed by atoms with van der Waals surface area (Å²) in [5, 5.41) is 10.1. The number of amides is 1. The number of hydrogen-bond acceptors (Lipinski definition) is 3. The third kappa shape index (κ3) is 2.23. The zero-order valence-electron chi connectivity index (χ0n) is 12.0. The molecule has 1 N–H and O–H groups in total. The summed E-state index contributed by atoms with van der Waals surface area (Å²) >= 11 is 0. The zero-order chi connectivity index (χ0) is 15.0. The highest BCUT2D eigenvalue weighted by Gasteiger charge is 2.32. The summed E-state index contributed by atoms with van der Waals surface area (Å²) in [6.45, 7) is 2.01. The van der Waals surface area contributed by atoms with Crippen LogP contribution in [0.5, 0.6) is 11.5 Å². The first-order chi connectivity index (χ1) is 10.1. The first-order valence-electron chi connectivity index (χ1n) is 6.90. The Morgan fingerprint density at radius 1 is 1.29 bits per heavy atom. The molecule has 1 unspecified atom stereocenters. The van der Waals surface area contributed by atoms with Crippen molar-refractivity contribution >= 4 is 11.6 Å². The number of phenolic OH excluding ortho intramolecular Hbond substituents is 1. The standard InChI is InChI=1S/C17H17NO3/c1-11-9-12-5-3-4-6-15(12)18(11)17(20)14-8-7-13(21-2)10-16(14)19/h3-8,10-11,19H,9H2,1-2H3. The SMILES string of the molecule is COc1ccc(C(=O)N2c3ccccc3CC2C)c(O)c1. The van der Waals surface area contributed by atoms with Crippen LogP contribution in [0.15, 0.2) is 42.5 Å². The molecule has 1 aliphatic heterocycles. The molecule has 0 spiro atoms.